The maximum absolute atomic E-state index is 12.5. The van der Waals surface area contributed by atoms with Crippen molar-refractivity contribution in [2.24, 2.45) is 0 Å². The summed E-state index contributed by atoms with van der Waals surface area (Å²) in [5.41, 5.74) is 0. The maximum atomic E-state index is 12.5. The number of unbranched alkanes of at least 4 members (excludes halogenated alkanes) is 48. The van der Waals surface area contributed by atoms with E-state index >= 15 is 0 Å². The van der Waals surface area contributed by atoms with Gasteiger partial charge in [-0.1, -0.05) is 314 Å². The van der Waals surface area contributed by atoms with Gasteiger partial charge in [0, 0.05) is 12.8 Å². The summed E-state index contributed by atoms with van der Waals surface area (Å²) in [5.74, 6) is -0.0600. The first-order valence-corrected chi connectivity index (χ1v) is 32.6. The molecule has 0 aromatic carbocycles. The number of carbonyl (C=O) groups is 2. The van der Waals surface area contributed by atoms with Crippen molar-refractivity contribution in [2.45, 2.75) is 373 Å². The van der Waals surface area contributed by atoms with E-state index < -0.39 is 12.1 Å². The van der Waals surface area contributed by atoms with Gasteiger partial charge >= 0.3 is 5.97 Å². The number of aliphatic hydroxyl groups is 2. The van der Waals surface area contributed by atoms with Crippen LogP contribution in [0.1, 0.15) is 361 Å². The minimum absolute atomic E-state index is 0.00532. The first-order chi connectivity index (χ1) is 35.5. The lowest BCUT2D eigenvalue weighted by molar-refractivity contribution is -0.143. The summed E-state index contributed by atoms with van der Waals surface area (Å²) in [6.07, 6.45) is 76.5. The van der Waals surface area contributed by atoms with Crippen LogP contribution in [0.4, 0.5) is 0 Å². The van der Waals surface area contributed by atoms with Gasteiger partial charge in [-0.15, -0.1) is 0 Å². The van der Waals surface area contributed by atoms with E-state index in [-0.39, 0.29) is 18.5 Å². The fourth-order valence-electron chi connectivity index (χ4n) is 10.2. The quantitative estimate of drug-likeness (QED) is 0.0320. The van der Waals surface area contributed by atoms with Gasteiger partial charge in [0.15, 0.2) is 0 Å². The minimum atomic E-state index is -0.845. The van der Waals surface area contributed by atoms with E-state index in [1.54, 1.807) is 6.08 Å². The predicted molar refractivity (Wildman–Crippen MR) is 315 cm³/mol. The van der Waals surface area contributed by atoms with Crippen molar-refractivity contribution in [2.75, 3.05) is 13.2 Å². The largest absolute Gasteiger partial charge is 0.466 e. The molecule has 0 aliphatic rings. The molecule has 0 aliphatic heterocycles. The number of esters is 1. The minimum Gasteiger partial charge on any atom is -0.466 e. The fourth-order valence-corrected chi connectivity index (χ4v) is 10.2. The van der Waals surface area contributed by atoms with Gasteiger partial charge in [0.05, 0.1) is 25.4 Å². The van der Waals surface area contributed by atoms with E-state index in [2.05, 4.69) is 31.3 Å². The van der Waals surface area contributed by atoms with Crippen molar-refractivity contribution in [1.82, 2.24) is 5.32 Å². The number of aliphatic hydroxyl groups excluding tert-OH is 2. The molecular weight excluding hydrogens is 887 g/mol. The summed E-state index contributed by atoms with van der Waals surface area (Å²) in [6, 6.07) is -0.628. The normalized spacial score (nSPS) is 12.7. The van der Waals surface area contributed by atoms with E-state index in [1.807, 2.05) is 6.08 Å². The lowest BCUT2D eigenvalue weighted by Gasteiger charge is -2.20. The molecule has 2 unspecified atom stereocenters. The zero-order chi connectivity index (χ0) is 52.2. The summed E-state index contributed by atoms with van der Waals surface area (Å²) in [5, 5.41) is 23.2. The number of hydrogen-bond acceptors (Lipinski definition) is 5. The molecule has 6 nitrogen and oxygen atoms in total. The highest BCUT2D eigenvalue weighted by atomic mass is 16.5. The Hall–Kier alpha value is -1.66. The second-order valence-electron chi connectivity index (χ2n) is 22.5. The topological polar surface area (TPSA) is 95.9 Å². The number of rotatable bonds is 61. The molecule has 6 heteroatoms. The van der Waals surface area contributed by atoms with Crippen molar-refractivity contribution in [3.05, 3.63) is 24.3 Å². The first-order valence-electron chi connectivity index (χ1n) is 32.6. The lowest BCUT2D eigenvalue weighted by atomic mass is 10.0. The van der Waals surface area contributed by atoms with Crippen molar-refractivity contribution in [3.63, 3.8) is 0 Å². The Balaban J connectivity index is 3.40. The summed E-state index contributed by atoms with van der Waals surface area (Å²) in [7, 11) is 0. The maximum Gasteiger partial charge on any atom is 0.305 e. The molecule has 0 aromatic heterocycles. The van der Waals surface area contributed by atoms with Crippen LogP contribution in [0.2, 0.25) is 0 Å². The number of allylic oxidation sites excluding steroid dienone is 3. The van der Waals surface area contributed by atoms with Gasteiger partial charge in [0.1, 0.15) is 0 Å². The molecule has 1 amide bonds. The highest BCUT2D eigenvalue weighted by Gasteiger charge is 2.18. The van der Waals surface area contributed by atoms with Crippen LogP contribution in [0, 0.1) is 0 Å². The standard InChI is InChI=1S/C66H127NO5/c1-3-5-7-9-11-13-15-17-19-20-27-31-34-38-42-46-50-54-58-64(69)63(62-68)67-65(70)59-55-51-47-43-39-35-32-28-25-23-21-22-24-26-29-33-37-41-45-49-53-57-61-72-66(71)60-56-52-48-44-40-36-30-18-16-14-12-10-8-6-4-2/h18,30,54,58,63-64,68-69H,3-17,19-29,31-53,55-57,59-62H2,1-2H3,(H,67,70)/b30-18-,58-54+. The Kier molecular flexibility index (Phi) is 60.5. The molecule has 3 N–H and O–H groups in total. The molecule has 0 aromatic rings. The van der Waals surface area contributed by atoms with E-state index in [9.17, 15) is 19.8 Å². The van der Waals surface area contributed by atoms with E-state index in [0.717, 1.165) is 44.9 Å². The van der Waals surface area contributed by atoms with E-state index in [4.69, 9.17) is 4.74 Å². The van der Waals surface area contributed by atoms with Gasteiger partial charge in [0.2, 0.25) is 5.91 Å². The Morgan fingerprint density at radius 2 is 0.653 bits per heavy atom. The molecule has 0 spiro atoms. The average Bonchev–Trinajstić information content (AvgIpc) is 3.38. The van der Waals surface area contributed by atoms with Gasteiger partial charge < -0.3 is 20.3 Å². The molecular formula is C66H127NO5. The third kappa shape index (κ3) is 57.6. The second-order valence-corrected chi connectivity index (χ2v) is 22.5. The summed E-state index contributed by atoms with van der Waals surface area (Å²) >= 11 is 0. The Labute approximate surface area is 450 Å². The Morgan fingerprint density at radius 1 is 0.375 bits per heavy atom. The third-order valence-electron chi connectivity index (χ3n) is 15.2. The number of nitrogens with one attached hydrogen (secondary N) is 1. The lowest BCUT2D eigenvalue weighted by Crippen LogP contribution is -2.45. The van der Waals surface area contributed by atoms with Crippen LogP contribution in [-0.2, 0) is 14.3 Å². The average molecular weight is 1010 g/mol. The van der Waals surface area contributed by atoms with Crippen molar-refractivity contribution in [3.8, 4) is 0 Å². The van der Waals surface area contributed by atoms with Crippen LogP contribution in [0.15, 0.2) is 24.3 Å². The highest BCUT2D eigenvalue weighted by molar-refractivity contribution is 5.76. The van der Waals surface area contributed by atoms with Gasteiger partial charge in [-0.05, 0) is 57.8 Å². The van der Waals surface area contributed by atoms with Crippen LogP contribution >= 0.6 is 0 Å². The van der Waals surface area contributed by atoms with Gasteiger partial charge in [-0.2, -0.15) is 0 Å². The molecule has 0 heterocycles. The highest BCUT2D eigenvalue weighted by Crippen LogP contribution is 2.18. The van der Waals surface area contributed by atoms with Crippen molar-refractivity contribution < 1.29 is 24.5 Å². The summed E-state index contributed by atoms with van der Waals surface area (Å²) in [6.45, 7) is 4.92. The number of amides is 1. The van der Waals surface area contributed by atoms with Gasteiger partial charge in [-0.3, -0.25) is 9.59 Å². The number of hydrogen-bond donors (Lipinski definition) is 3. The van der Waals surface area contributed by atoms with Crippen molar-refractivity contribution >= 4 is 11.9 Å². The number of ether oxygens (including phenoxy) is 1. The van der Waals surface area contributed by atoms with Crippen molar-refractivity contribution in [1.29, 1.82) is 0 Å². The monoisotopic (exact) mass is 1010 g/mol. The molecule has 72 heavy (non-hydrogen) atoms. The molecule has 0 saturated heterocycles. The third-order valence-corrected chi connectivity index (χ3v) is 15.2. The van der Waals surface area contributed by atoms with Gasteiger partial charge in [-0.25, -0.2) is 0 Å². The molecule has 0 saturated carbocycles. The predicted octanol–water partition coefficient (Wildman–Crippen LogP) is 20.6. The summed E-state index contributed by atoms with van der Waals surface area (Å²) in [4.78, 5) is 24.6. The van der Waals surface area contributed by atoms with Crippen LogP contribution in [0.25, 0.3) is 0 Å². The smallest absolute Gasteiger partial charge is 0.305 e. The molecule has 0 aliphatic carbocycles. The molecule has 0 radical (unpaired) electrons. The zero-order valence-electron chi connectivity index (χ0n) is 48.7. The zero-order valence-corrected chi connectivity index (χ0v) is 48.7. The molecule has 0 rings (SSSR count). The molecule has 2 atom stereocenters. The van der Waals surface area contributed by atoms with Gasteiger partial charge in [0.25, 0.3) is 0 Å². The second kappa shape index (κ2) is 61.9. The first kappa shape index (κ1) is 70.3. The van der Waals surface area contributed by atoms with E-state index in [0.29, 0.717) is 19.4 Å². The summed E-state index contributed by atoms with van der Waals surface area (Å²) < 4.78 is 5.49. The van der Waals surface area contributed by atoms with Crippen LogP contribution in [0.3, 0.4) is 0 Å². The fraction of sp³-hybridized carbons (Fsp3) is 0.909. The number of carbonyl (C=O) groups excluding carboxylic acids is 2. The molecule has 0 bridgehead atoms. The molecule has 426 valence electrons. The Bertz CT molecular complexity index is 1120. The Morgan fingerprint density at radius 3 is 0.986 bits per heavy atom. The van der Waals surface area contributed by atoms with E-state index in [1.165, 1.54) is 289 Å². The van der Waals surface area contributed by atoms with Crippen LogP contribution in [0.5, 0.6) is 0 Å². The molecule has 0 fully saturated rings. The van der Waals surface area contributed by atoms with Crippen LogP contribution < -0.4 is 5.32 Å². The SMILES string of the molecule is CCCCCCCC/C=C\CCCCCCCC(=O)OCCCCCCCCCCCCCCCCCCCCCCCCC(=O)NC(CO)C(O)/C=C/CCCCCCCCCCCCCCCCCC. The van der Waals surface area contributed by atoms with Crippen LogP contribution in [-0.4, -0.2) is 47.4 Å².